The smallest absolute Gasteiger partial charge is 0.270 e. The fourth-order valence-corrected chi connectivity index (χ4v) is 2.42. The van der Waals surface area contributed by atoms with E-state index in [-0.39, 0.29) is 11.7 Å². The number of hydrogen-bond donors (Lipinski definition) is 1. The summed E-state index contributed by atoms with van der Waals surface area (Å²) in [6.45, 7) is 2.02. The van der Waals surface area contributed by atoms with Crippen LogP contribution in [0.5, 0.6) is 0 Å². The van der Waals surface area contributed by atoms with Crippen LogP contribution in [-0.4, -0.2) is 17.0 Å². The molecule has 6 heteroatoms. The van der Waals surface area contributed by atoms with Crippen LogP contribution in [-0.2, 0) is 0 Å². The summed E-state index contributed by atoms with van der Waals surface area (Å²) in [7, 11) is 1.87. The van der Waals surface area contributed by atoms with Crippen LogP contribution in [0.1, 0.15) is 18.0 Å². The highest BCUT2D eigenvalue weighted by Crippen LogP contribution is 2.27. The summed E-state index contributed by atoms with van der Waals surface area (Å²) >= 11 is 1.55. The van der Waals surface area contributed by atoms with Crippen molar-refractivity contribution in [2.75, 3.05) is 7.05 Å². The van der Waals surface area contributed by atoms with Crippen molar-refractivity contribution in [1.29, 1.82) is 0 Å². The maximum atomic E-state index is 10.7. The van der Waals surface area contributed by atoms with Crippen molar-refractivity contribution in [3.63, 3.8) is 0 Å². The molecule has 0 bridgehead atoms. The quantitative estimate of drug-likeness (QED) is 0.680. The molecule has 0 fully saturated rings. The number of benzene rings is 1. The number of aromatic nitrogens is 1. The van der Waals surface area contributed by atoms with Crippen LogP contribution >= 0.6 is 11.3 Å². The summed E-state index contributed by atoms with van der Waals surface area (Å²) in [5.41, 5.74) is 1.64. The molecule has 18 heavy (non-hydrogen) atoms. The van der Waals surface area contributed by atoms with Crippen LogP contribution in [0.3, 0.4) is 0 Å². The van der Waals surface area contributed by atoms with E-state index in [0.717, 1.165) is 16.3 Å². The highest BCUT2D eigenvalue weighted by atomic mass is 32.1. The van der Waals surface area contributed by atoms with Crippen LogP contribution in [0.15, 0.2) is 29.6 Å². The number of rotatable bonds is 4. The molecule has 5 nitrogen and oxygen atoms in total. The van der Waals surface area contributed by atoms with Crippen LogP contribution in [0.4, 0.5) is 5.69 Å². The molecule has 0 saturated heterocycles. The average Bonchev–Trinajstić information content (AvgIpc) is 2.87. The van der Waals surface area contributed by atoms with Crippen LogP contribution in [0.25, 0.3) is 11.3 Å². The van der Waals surface area contributed by atoms with Crippen molar-refractivity contribution in [2.45, 2.75) is 13.0 Å². The van der Waals surface area contributed by atoms with Gasteiger partial charge in [-0.1, -0.05) is 12.1 Å². The molecule has 0 amide bonds. The van der Waals surface area contributed by atoms with Gasteiger partial charge in [0.1, 0.15) is 5.01 Å². The average molecular weight is 263 g/mol. The first-order valence-corrected chi connectivity index (χ1v) is 6.37. The number of nitrogens with one attached hydrogen (secondary N) is 1. The third kappa shape index (κ3) is 2.55. The van der Waals surface area contributed by atoms with Gasteiger partial charge in [-0.05, 0) is 14.0 Å². The molecule has 0 aliphatic heterocycles. The maximum Gasteiger partial charge on any atom is 0.270 e. The lowest BCUT2D eigenvalue weighted by molar-refractivity contribution is -0.384. The van der Waals surface area contributed by atoms with E-state index < -0.39 is 4.92 Å². The molecule has 1 atom stereocenters. The van der Waals surface area contributed by atoms with E-state index in [1.807, 2.05) is 25.4 Å². The Labute approximate surface area is 109 Å². The molecule has 0 saturated carbocycles. The summed E-state index contributed by atoms with van der Waals surface area (Å²) in [6.07, 6.45) is 0. The van der Waals surface area contributed by atoms with Crippen LogP contribution in [0.2, 0.25) is 0 Å². The first-order valence-electron chi connectivity index (χ1n) is 5.49. The van der Waals surface area contributed by atoms with E-state index in [9.17, 15) is 10.1 Å². The first-order chi connectivity index (χ1) is 8.61. The van der Waals surface area contributed by atoms with E-state index in [2.05, 4.69) is 10.3 Å². The van der Waals surface area contributed by atoms with Crippen molar-refractivity contribution in [1.82, 2.24) is 10.3 Å². The van der Waals surface area contributed by atoms with E-state index >= 15 is 0 Å². The second-order valence-electron chi connectivity index (χ2n) is 3.89. The Hall–Kier alpha value is -1.79. The number of nitro benzene ring substituents is 1. The fourth-order valence-electron chi connectivity index (χ4n) is 1.52. The largest absolute Gasteiger partial charge is 0.311 e. The topological polar surface area (TPSA) is 68.1 Å². The Morgan fingerprint density at radius 2 is 2.28 bits per heavy atom. The second-order valence-corrected chi connectivity index (χ2v) is 4.78. The summed E-state index contributed by atoms with van der Waals surface area (Å²) in [4.78, 5) is 14.8. The van der Waals surface area contributed by atoms with Gasteiger partial charge in [0.25, 0.3) is 5.69 Å². The zero-order chi connectivity index (χ0) is 13.1. The third-order valence-electron chi connectivity index (χ3n) is 2.68. The standard InChI is InChI=1S/C12H13N3O2S/c1-8(13-2)12-14-11(7-18-12)9-4-3-5-10(6-9)15(16)17/h3-8,13H,1-2H3. The van der Waals surface area contributed by atoms with E-state index in [1.165, 1.54) is 6.07 Å². The van der Waals surface area contributed by atoms with Gasteiger partial charge in [0.05, 0.1) is 16.7 Å². The molecule has 1 aromatic heterocycles. The minimum absolute atomic E-state index is 0.0868. The molecule has 1 N–H and O–H groups in total. The van der Waals surface area contributed by atoms with Crippen molar-refractivity contribution >= 4 is 17.0 Å². The molecule has 2 aromatic rings. The van der Waals surface area contributed by atoms with Gasteiger partial charge in [0.2, 0.25) is 0 Å². The Kier molecular flexibility index (Phi) is 3.69. The molecule has 0 aliphatic carbocycles. The highest BCUT2D eigenvalue weighted by Gasteiger charge is 2.12. The van der Waals surface area contributed by atoms with Gasteiger partial charge >= 0.3 is 0 Å². The van der Waals surface area contributed by atoms with Gasteiger partial charge in [-0.25, -0.2) is 4.98 Å². The van der Waals surface area contributed by atoms with E-state index in [1.54, 1.807) is 23.5 Å². The first kappa shape index (κ1) is 12.7. The van der Waals surface area contributed by atoms with E-state index in [0.29, 0.717) is 0 Å². The molecule has 1 unspecified atom stereocenters. The van der Waals surface area contributed by atoms with Crippen LogP contribution < -0.4 is 5.32 Å². The molecular formula is C12H13N3O2S. The van der Waals surface area contributed by atoms with Gasteiger partial charge in [-0.3, -0.25) is 10.1 Å². The number of non-ortho nitro benzene ring substituents is 1. The Bertz CT molecular complexity index is 568. The normalized spacial score (nSPS) is 12.3. The molecule has 0 spiro atoms. The van der Waals surface area contributed by atoms with Crippen molar-refractivity contribution in [2.24, 2.45) is 0 Å². The number of nitro groups is 1. The molecule has 94 valence electrons. The third-order valence-corrected chi connectivity index (χ3v) is 3.71. The fraction of sp³-hybridized carbons (Fsp3) is 0.250. The maximum absolute atomic E-state index is 10.7. The lowest BCUT2D eigenvalue weighted by Crippen LogP contribution is -2.11. The lowest BCUT2D eigenvalue weighted by Gasteiger charge is -2.04. The number of nitrogens with zero attached hydrogens (tertiary/aromatic N) is 2. The SMILES string of the molecule is CNC(C)c1nc(-c2cccc([N+](=O)[O-])c2)cs1. The lowest BCUT2D eigenvalue weighted by atomic mass is 10.1. The molecule has 1 aromatic carbocycles. The Balaban J connectivity index is 2.34. The summed E-state index contributed by atoms with van der Waals surface area (Å²) in [5, 5.41) is 16.7. The minimum atomic E-state index is -0.396. The minimum Gasteiger partial charge on any atom is -0.311 e. The zero-order valence-corrected chi connectivity index (χ0v) is 10.9. The Morgan fingerprint density at radius 3 is 2.94 bits per heavy atom. The molecule has 0 aliphatic rings. The van der Waals surface area contributed by atoms with Gasteiger partial charge in [-0.15, -0.1) is 11.3 Å². The summed E-state index contributed by atoms with van der Waals surface area (Å²) < 4.78 is 0. The van der Waals surface area contributed by atoms with Crippen molar-refractivity contribution in [3.8, 4) is 11.3 Å². The molecule has 1 heterocycles. The summed E-state index contributed by atoms with van der Waals surface area (Å²) in [6, 6.07) is 6.71. The van der Waals surface area contributed by atoms with Crippen molar-refractivity contribution in [3.05, 3.63) is 44.8 Å². The number of thiazole rings is 1. The van der Waals surface area contributed by atoms with Crippen LogP contribution in [0, 0.1) is 10.1 Å². The summed E-state index contributed by atoms with van der Waals surface area (Å²) in [5.74, 6) is 0. The van der Waals surface area contributed by atoms with E-state index in [4.69, 9.17) is 0 Å². The van der Waals surface area contributed by atoms with Crippen molar-refractivity contribution < 1.29 is 4.92 Å². The molecular weight excluding hydrogens is 250 g/mol. The van der Waals surface area contributed by atoms with Gasteiger partial charge in [0, 0.05) is 23.1 Å². The molecule has 2 rings (SSSR count). The zero-order valence-electron chi connectivity index (χ0n) is 10.1. The van der Waals surface area contributed by atoms with Gasteiger partial charge in [-0.2, -0.15) is 0 Å². The monoisotopic (exact) mass is 263 g/mol. The Morgan fingerprint density at radius 1 is 1.50 bits per heavy atom. The predicted octanol–water partition coefficient (Wildman–Crippen LogP) is 3.00. The van der Waals surface area contributed by atoms with Gasteiger partial charge in [0.15, 0.2) is 0 Å². The number of hydrogen-bond acceptors (Lipinski definition) is 5. The molecule has 0 radical (unpaired) electrons. The van der Waals surface area contributed by atoms with Gasteiger partial charge < -0.3 is 5.32 Å². The highest BCUT2D eigenvalue weighted by molar-refractivity contribution is 7.10. The second kappa shape index (κ2) is 5.24. The predicted molar refractivity (Wildman–Crippen MR) is 71.7 cm³/mol.